The number of aromatic nitrogens is 2. The Hall–Kier alpha value is -4.33. The first-order chi connectivity index (χ1) is 16.5. The zero-order valence-corrected chi connectivity index (χ0v) is 18.2. The molecule has 1 unspecified atom stereocenters. The molecule has 1 aliphatic rings. The molecule has 0 saturated carbocycles. The highest BCUT2D eigenvalue weighted by molar-refractivity contribution is 5.86. The Morgan fingerprint density at radius 2 is 1.59 bits per heavy atom. The Kier molecular flexibility index (Phi) is 5.63. The van der Waals surface area contributed by atoms with Crippen LogP contribution in [0.1, 0.15) is 30.0 Å². The number of hydrogen-bond acceptors (Lipinski definition) is 4. The van der Waals surface area contributed by atoms with Gasteiger partial charge in [-0.2, -0.15) is 4.98 Å². The van der Waals surface area contributed by atoms with E-state index in [1.165, 1.54) is 29.2 Å². The number of carbonyl (C=O) groups excluding carboxylic acids is 1. The van der Waals surface area contributed by atoms with Crippen molar-refractivity contribution in [3.63, 3.8) is 0 Å². The summed E-state index contributed by atoms with van der Waals surface area (Å²) < 4.78 is 32.6. The lowest BCUT2D eigenvalue weighted by Crippen LogP contribution is -2.45. The van der Waals surface area contributed by atoms with E-state index in [1.807, 2.05) is 30.3 Å². The third kappa shape index (κ3) is 4.17. The summed E-state index contributed by atoms with van der Waals surface area (Å²) in [7, 11) is 0. The Morgan fingerprint density at radius 1 is 0.941 bits per heavy atom. The van der Waals surface area contributed by atoms with Crippen molar-refractivity contribution in [2.75, 3.05) is 0 Å². The minimum atomic E-state index is -0.623. The molecule has 0 saturated heterocycles. The molecule has 0 spiro atoms. The van der Waals surface area contributed by atoms with Gasteiger partial charge in [-0.25, -0.2) is 13.6 Å². The normalized spacial score (nSPS) is 16.0. The number of nitrogens with zero attached hydrogens (tertiary/aromatic N) is 3. The van der Waals surface area contributed by atoms with E-state index in [2.05, 4.69) is 15.5 Å². The topological polar surface area (TPSA) is 71.3 Å². The maximum absolute atomic E-state index is 13.6. The highest BCUT2D eigenvalue weighted by atomic mass is 19.1. The molecule has 4 aromatic rings. The van der Waals surface area contributed by atoms with Gasteiger partial charge in [-0.05, 0) is 42.3 Å². The number of hydrogen-bond donors (Lipinski definition) is 1. The molecule has 2 heterocycles. The van der Waals surface area contributed by atoms with Crippen LogP contribution in [0.15, 0.2) is 89.1 Å². The fourth-order valence-electron chi connectivity index (χ4n) is 3.96. The second-order valence-electron chi connectivity index (χ2n) is 7.93. The predicted octanol–water partition coefficient (Wildman–Crippen LogP) is 5.71. The summed E-state index contributed by atoms with van der Waals surface area (Å²) in [5.74, 6) is -0.0729. The van der Waals surface area contributed by atoms with Gasteiger partial charge in [0.2, 0.25) is 5.82 Å². The second kappa shape index (κ2) is 8.90. The lowest BCUT2D eigenvalue weighted by atomic mass is 9.94. The fraction of sp³-hybridized carbons (Fsp3) is 0.115. The molecular weight excluding hydrogens is 438 g/mol. The van der Waals surface area contributed by atoms with Crippen LogP contribution in [0, 0.1) is 11.6 Å². The van der Waals surface area contributed by atoms with Crippen molar-refractivity contribution in [2.24, 2.45) is 0 Å². The third-order valence-electron chi connectivity index (χ3n) is 5.74. The number of halogens is 2. The van der Waals surface area contributed by atoms with Crippen LogP contribution in [-0.4, -0.2) is 21.1 Å². The van der Waals surface area contributed by atoms with Crippen molar-refractivity contribution in [1.82, 2.24) is 20.4 Å². The number of amides is 2. The standard InChI is InChI=1S/C26H20F2N4O2/c1-16-22(25-30-24(31-34-25)19-5-3-2-4-6-19)23(18-9-13-21(28)14-10-18)29-26(33)32(16)15-17-7-11-20(27)12-8-17/h2-14,23H,15H2,1H3,(H,29,33). The maximum atomic E-state index is 13.6. The molecule has 1 atom stereocenters. The van der Waals surface area contributed by atoms with Crippen molar-refractivity contribution >= 4 is 11.6 Å². The molecule has 0 bridgehead atoms. The van der Waals surface area contributed by atoms with Gasteiger partial charge in [0, 0.05) is 11.3 Å². The second-order valence-corrected chi connectivity index (χ2v) is 7.93. The van der Waals surface area contributed by atoms with E-state index >= 15 is 0 Å². The van der Waals surface area contributed by atoms with Crippen LogP contribution in [0.4, 0.5) is 13.6 Å². The monoisotopic (exact) mass is 458 g/mol. The summed E-state index contributed by atoms with van der Waals surface area (Å²) in [6, 6.07) is 20.3. The molecule has 3 aromatic carbocycles. The van der Waals surface area contributed by atoms with E-state index in [0.717, 1.165) is 11.1 Å². The lowest BCUT2D eigenvalue weighted by Gasteiger charge is -2.35. The Bertz CT molecular complexity index is 1350. The summed E-state index contributed by atoms with van der Waals surface area (Å²) in [4.78, 5) is 19.2. The first-order valence-electron chi connectivity index (χ1n) is 10.7. The maximum Gasteiger partial charge on any atom is 0.322 e. The van der Waals surface area contributed by atoms with Crippen molar-refractivity contribution in [3.8, 4) is 11.4 Å². The van der Waals surface area contributed by atoms with E-state index in [4.69, 9.17) is 4.52 Å². The summed E-state index contributed by atoms with van der Waals surface area (Å²) >= 11 is 0. The molecule has 2 amide bonds. The molecule has 0 aliphatic carbocycles. The van der Waals surface area contributed by atoms with Gasteiger partial charge in [0.15, 0.2) is 0 Å². The molecule has 0 fully saturated rings. The van der Waals surface area contributed by atoms with E-state index in [-0.39, 0.29) is 30.1 Å². The van der Waals surface area contributed by atoms with Crippen molar-refractivity contribution in [1.29, 1.82) is 0 Å². The number of nitrogens with one attached hydrogen (secondary N) is 1. The van der Waals surface area contributed by atoms with Crippen LogP contribution in [0.25, 0.3) is 17.0 Å². The number of rotatable bonds is 5. The number of urea groups is 1. The Labute approximate surface area is 194 Å². The third-order valence-corrected chi connectivity index (χ3v) is 5.74. The van der Waals surface area contributed by atoms with Crippen LogP contribution >= 0.6 is 0 Å². The number of carbonyl (C=O) groups is 1. The van der Waals surface area contributed by atoms with Crippen molar-refractivity contribution in [3.05, 3.63) is 113 Å². The average Bonchev–Trinajstić information content (AvgIpc) is 3.33. The Balaban J connectivity index is 1.59. The SMILES string of the molecule is CC1=C(c2nc(-c3ccccc3)no2)C(c2ccc(F)cc2)NC(=O)N1Cc1ccc(F)cc1. The molecule has 1 aliphatic heterocycles. The van der Waals surface area contributed by atoms with Crippen molar-refractivity contribution < 1.29 is 18.1 Å². The number of benzene rings is 3. The van der Waals surface area contributed by atoms with Gasteiger partial charge in [0.1, 0.15) is 11.6 Å². The molecule has 1 aromatic heterocycles. The molecular formula is C26H20F2N4O2. The molecule has 1 N–H and O–H groups in total. The molecule has 8 heteroatoms. The summed E-state index contributed by atoms with van der Waals surface area (Å²) in [5.41, 5.74) is 3.42. The van der Waals surface area contributed by atoms with E-state index in [0.29, 0.717) is 22.7 Å². The van der Waals surface area contributed by atoms with Crippen LogP contribution in [0.5, 0.6) is 0 Å². The predicted molar refractivity (Wildman–Crippen MR) is 122 cm³/mol. The minimum absolute atomic E-state index is 0.220. The lowest BCUT2D eigenvalue weighted by molar-refractivity contribution is 0.203. The average molecular weight is 458 g/mol. The zero-order chi connectivity index (χ0) is 23.7. The highest BCUT2D eigenvalue weighted by Crippen LogP contribution is 2.37. The van der Waals surface area contributed by atoms with Gasteiger partial charge in [0.25, 0.3) is 5.89 Å². The molecule has 0 radical (unpaired) electrons. The highest BCUT2D eigenvalue weighted by Gasteiger charge is 2.35. The Morgan fingerprint density at radius 3 is 2.26 bits per heavy atom. The van der Waals surface area contributed by atoms with Crippen LogP contribution in [-0.2, 0) is 6.54 Å². The van der Waals surface area contributed by atoms with Gasteiger partial charge in [-0.15, -0.1) is 0 Å². The molecule has 170 valence electrons. The van der Waals surface area contributed by atoms with Gasteiger partial charge in [0.05, 0.1) is 18.2 Å². The summed E-state index contributed by atoms with van der Waals surface area (Å²) in [5, 5.41) is 7.09. The smallest absolute Gasteiger partial charge is 0.322 e. The number of allylic oxidation sites excluding steroid dienone is 1. The quantitative estimate of drug-likeness (QED) is 0.416. The van der Waals surface area contributed by atoms with Crippen LogP contribution < -0.4 is 5.32 Å². The fourth-order valence-corrected chi connectivity index (χ4v) is 3.96. The molecule has 5 rings (SSSR count). The van der Waals surface area contributed by atoms with Gasteiger partial charge >= 0.3 is 6.03 Å². The largest absolute Gasteiger partial charge is 0.334 e. The van der Waals surface area contributed by atoms with Gasteiger partial charge in [-0.1, -0.05) is 59.8 Å². The summed E-state index contributed by atoms with van der Waals surface area (Å²) in [6.45, 7) is 2.01. The van der Waals surface area contributed by atoms with Gasteiger partial charge in [-0.3, -0.25) is 4.90 Å². The minimum Gasteiger partial charge on any atom is -0.334 e. The zero-order valence-electron chi connectivity index (χ0n) is 18.2. The van der Waals surface area contributed by atoms with E-state index in [1.54, 1.807) is 31.2 Å². The molecule has 6 nitrogen and oxygen atoms in total. The van der Waals surface area contributed by atoms with Crippen molar-refractivity contribution in [2.45, 2.75) is 19.5 Å². The van der Waals surface area contributed by atoms with E-state index < -0.39 is 6.04 Å². The van der Waals surface area contributed by atoms with Crippen LogP contribution in [0.3, 0.4) is 0 Å². The van der Waals surface area contributed by atoms with E-state index in [9.17, 15) is 13.6 Å². The first kappa shape index (κ1) is 21.5. The van der Waals surface area contributed by atoms with Crippen LogP contribution in [0.2, 0.25) is 0 Å². The first-order valence-corrected chi connectivity index (χ1v) is 10.7. The summed E-state index contributed by atoms with van der Waals surface area (Å²) in [6.07, 6.45) is 0. The molecule has 34 heavy (non-hydrogen) atoms. The van der Waals surface area contributed by atoms with Gasteiger partial charge < -0.3 is 9.84 Å².